The third kappa shape index (κ3) is 4.18. The first-order chi connectivity index (χ1) is 15.8. The molecule has 0 N–H and O–H groups in total. The van der Waals surface area contributed by atoms with Crippen LogP contribution in [0.5, 0.6) is 0 Å². The van der Waals surface area contributed by atoms with Gasteiger partial charge in [-0.05, 0) is 68.4 Å². The maximum Gasteiger partial charge on any atom is 0.277 e. The molecule has 7 rings (SSSR count). The van der Waals surface area contributed by atoms with Crippen molar-refractivity contribution in [3.8, 4) is 11.8 Å². The minimum absolute atomic E-state index is 0.189. The number of nitrogens with zero attached hydrogens (tertiary/aromatic N) is 4. The molecule has 5 fully saturated rings. The number of rotatable bonds is 5. The third-order valence-electron chi connectivity index (χ3n) is 8.09. The second-order valence-electron chi connectivity index (χ2n) is 10.3. The molecule has 0 unspecified atom stereocenters. The van der Waals surface area contributed by atoms with Crippen LogP contribution in [-0.2, 0) is 5.41 Å². The Morgan fingerprint density at radius 3 is 2.28 bits per heavy atom. The van der Waals surface area contributed by atoms with Gasteiger partial charge in [-0.15, -0.1) is 10.2 Å². The highest BCUT2D eigenvalue weighted by Crippen LogP contribution is 2.60. The molecule has 168 valence electrons. The lowest BCUT2D eigenvalue weighted by molar-refractivity contribution is -0.0191. The molecule has 5 nitrogen and oxygen atoms in total. The summed E-state index contributed by atoms with van der Waals surface area (Å²) in [7, 11) is 0. The molecule has 0 radical (unpaired) electrons. The van der Waals surface area contributed by atoms with Crippen molar-refractivity contribution in [2.45, 2.75) is 49.2 Å². The van der Waals surface area contributed by atoms with Crippen LogP contribution >= 0.6 is 11.8 Å². The van der Waals surface area contributed by atoms with E-state index in [1.54, 1.807) is 11.8 Å². The highest BCUT2D eigenvalue weighted by Gasteiger charge is 2.54. The zero-order chi connectivity index (χ0) is 21.4. The molecule has 5 aliphatic rings. The van der Waals surface area contributed by atoms with Gasteiger partial charge in [0.25, 0.3) is 5.22 Å². The minimum Gasteiger partial charge on any atom is -0.415 e. The molecule has 2 aromatic rings. The van der Waals surface area contributed by atoms with E-state index in [0.717, 1.165) is 56.4 Å². The SMILES string of the molecule is C(#CCN1CCN(c2ccccc2)CC1)CSc1nnc(C23CC4CC(CC(C4)C2)C3)o1. The summed E-state index contributed by atoms with van der Waals surface area (Å²) in [6.45, 7) is 5.10. The summed E-state index contributed by atoms with van der Waals surface area (Å²) in [6, 6.07) is 10.7. The van der Waals surface area contributed by atoms with Crippen molar-refractivity contribution in [1.82, 2.24) is 15.1 Å². The monoisotopic (exact) mass is 448 g/mol. The third-order valence-corrected chi connectivity index (χ3v) is 8.79. The van der Waals surface area contributed by atoms with E-state index >= 15 is 0 Å². The Morgan fingerprint density at radius 1 is 0.906 bits per heavy atom. The molecule has 1 saturated heterocycles. The quantitative estimate of drug-likeness (QED) is 0.497. The molecule has 6 heteroatoms. The van der Waals surface area contributed by atoms with Crippen LogP contribution in [0.2, 0.25) is 0 Å². The number of anilines is 1. The van der Waals surface area contributed by atoms with Gasteiger partial charge in [-0.1, -0.05) is 41.8 Å². The van der Waals surface area contributed by atoms with Gasteiger partial charge in [0, 0.05) is 37.3 Å². The first-order valence-electron chi connectivity index (χ1n) is 12.2. The van der Waals surface area contributed by atoms with Crippen LogP contribution < -0.4 is 4.90 Å². The molecule has 4 bridgehead atoms. The maximum atomic E-state index is 6.18. The first kappa shape index (κ1) is 20.6. The lowest BCUT2D eigenvalue weighted by Crippen LogP contribution is -2.48. The fraction of sp³-hybridized carbons (Fsp3) is 0.615. The number of hydrogen-bond acceptors (Lipinski definition) is 6. The van der Waals surface area contributed by atoms with Gasteiger partial charge in [0.15, 0.2) is 0 Å². The molecule has 4 saturated carbocycles. The Morgan fingerprint density at radius 2 is 1.59 bits per heavy atom. The van der Waals surface area contributed by atoms with Crippen molar-refractivity contribution in [3.63, 3.8) is 0 Å². The van der Waals surface area contributed by atoms with Crippen LogP contribution in [-0.4, -0.2) is 53.6 Å². The summed E-state index contributed by atoms with van der Waals surface area (Å²) in [5.41, 5.74) is 1.51. The van der Waals surface area contributed by atoms with Gasteiger partial charge in [0.2, 0.25) is 5.89 Å². The number of para-hydroxylation sites is 1. The van der Waals surface area contributed by atoms with Gasteiger partial charge in [0.1, 0.15) is 0 Å². The molecule has 1 aliphatic heterocycles. The average molecular weight is 449 g/mol. The van der Waals surface area contributed by atoms with Crippen molar-refractivity contribution >= 4 is 17.4 Å². The van der Waals surface area contributed by atoms with Crippen molar-refractivity contribution in [2.24, 2.45) is 17.8 Å². The van der Waals surface area contributed by atoms with Crippen LogP contribution in [0.3, 0.4) is 0 Å². The molecular weight excluding hydrogens is 416 g/mol. The van der Waals surface area contributed by atoms with E-state index < -0.39 is 0 Å². The zero-order valence-corrected chi connectivity index (χ0v) is 19.5. The molecular formula is C26H32N4OS. The number of aromatic nitrogens is 2. The molecule has 0 spiro atoms. The summed E-state index contributed by atoms with van der Waals surface area (Å²) in [6.07, 6.45) is 8.11. The average Bonchev–Trinajstić information content (AvgIpc) is 3.29. The molecule has 2 heterocycles. The lowest BCUT2D eigenvalue weighted by atomic mass is 9.49. The van der Waals surface area contributed by atoms with Gasteiger partial charge >= 0.3 is 0 Å². The van der Waals surface area contributed by atoms with Crippen LogP contribution in [0, 0.1) is 29.6 Å². The summed E-state index contributed by atoms with van der Waals surface area (Å²) in [5, 5.41) is 9.57. The number of piperazine rings is 1. The van der Waals surface area contributed by atoms with E-state index in [-0.39, 0.29) is 5.41 Å². The van der Waals surface area contributed by atoms with Gasteiger partial charge in [0.05, 0.1) is 12.3 Å². The van der Waals surface area contributed by atoms with E-state index in [9.17, 15) is 0 Å². The van der Waals surface area contributed by atoms with Gasteiger partial charge < -0.3 is 9.32 Å². The van der Waals surface area contributed by atoms with Crippen LogP contribution in [0.25, 0.3) is 0 Å². The zero-order valence-electron chi connectivity index (χ0n) is 18.7. The fourth-order valence-corrected chi connectivity index (χ4v) is 7.51. The Balaban J connectivity index is 0.969. The number of thioether (sulfide) groups is 1. The summed E-state index contributed by atoms with van der Waals surface area (Å²) >= 11 is 1.59. The molecule has 1 aromatic heterocycles. The van der Waals surface area contributed by atoms with E-state index in [0.29, 0.717) is 11.0 Å². The standard InChI is InChI=1S/C26H32N4OS/c1-2-6-23(7-3-1)30-11-9-29(10-12-30)8-4-5-13-32-25-28-27-24(31-25)26-17-20-14-21(18-26)16-22(15-20)19-26/h1-3,6-7,20-22H,8-19H2. The smallest absolute Gasteiger partial charge is 0.277 e. The van der Waals surface area contributed by atoms with Crippen molar-refractivity contribution in [2.75, 3.05) is 43.4 Å². The summed E-state index contributed by atoms with van der Waals surface area (Å²) in [4.78, 5) is 4.89. The maximum absolute atomic E-state index is 6.18. The molecule has 4 aliphatic carbocycles. The second-order valence-corrected chi connectivity index (χ2v) is 11.2. The Hall–Kier alpha value is -1.97. The normalized spacial score (nSPS) is 31.5. The molecule has 0 atom stereocenters. The van der Waals surface area contributed by atoms with Crippen molar-refractivity contribution < 1.29 is 4.42 Å². The lowest BCUT2D eigenvalue weighted by Gasteiger charge is -2.55. The van der Waals surface area contributed by atoms with Crippen molar-refractivity contribution in [1.29, 1.82) is 0 Å². The Bertz CT molecular complexity index is 951. The van der Waals surface area contributed by atoms with Crippen LogP contribution in [0.15, 0.2) is 40.0 Å². The summed E-state index contributed by atoms with van der Waals surface area (Å²) in [5.74, 6) is 11.0. The van der Waals surface area contributed by atoms with Gasteiger partial charge in [-0.25, -0.2) is 0 Å². The number of hydrogen-bond donors (Lipinski definition) is 0. The highest BCUT2D eigenvalue weighted by molar-refractivity contribution is 7.99. The van der Waals surface area contributed by atoms with Crippen LogP contribution in [0.4, 0.5) is 5.69 Å². The Kier molecular flexibility index (Phi) is 5.64. The van der Waals surface area contributed by atoms with Gasteiger partial charge in [-0.3, -0.25) is 4.90 Å². The predicted molar refractivity (Wildman–Crippen MR) is 128 cm³/mol. The fourth-order valence-electron chi connectivity index (χ4n) is 6.97. The summed E-state index contributed by atoms with van der Waals surface area (Å²) < 4.78 is 6.18. The minimum atomic E-state index is 0.189. The molecule has 1 aromatic carbocycles. The van der Waals surface area contributed by atoms with E-state index in [2.05, 4.69) is 62.2 Å². The highest BCUT2D eigenvalue weighted by atomic mass is 32.2. The van der Waals surface area contributed by atoms with Gasteiger partial charge in [-0.2, -0.15) is 0 Å². The van der Waals surface area contributed by atoms with E-state index in [1.165, 1.54) is 44.2 Å². The molecule has 32 heavy (non-hydrogen) atoms. The predicted octanol–water partition coefficient (Wildman–Crippen LogP) is 4.46. The second kappa shape index (κ2) is 8.76. The van der Waals surface area contributed by atoms with E-state index in [4.69, 9.17) is 4.42 Å². The topological polar surface area (TPSA) is 45.4 Å². The largest absolute Gasteiger partial charge is 0.415 e. The van der Waals surface area contributed by atoms with Crippen LogP contribution in [0.1, 0.15) is 44.4 Å². The van der Waals surface area contributed by atoms with Crippen molar-refractivity contribution in [3.05, 3.63) is 36.2 Å². The number of benzene rings is 1. The Labute approximate surface area is 195 Å². The first-order valence-corrected chi connectivity index (χ1v) is 13.2. The molecule has 0 amide bonds. The van der Waals surface area contributed by atoms with E-state index in [1.807, 2.05) is 0 Å².